The standard InChI is InChI=1S/C28H37ClO11/c1-12-9-10-20(37-16(5)31)27(8)21(13(2)11-19(36-15(4)30)23(27)38-17(6)32)24(39-18(7)33)28(35)14(3)26(34)40-25(28)22(12)29/h14,19-25,35H,1-2,9-11H2,3-8H3/t14-,19-,20-,21-,22-,23-,24-,25-,27+,28+/m0/s1. The Kier molecular flexibility index (Phi) is 9.10. The van der Waals surface area contributed by atoms with E-state index in [1.807, 2.05) is 0 Å². The number of halogens is 1. The van der Waals surface area contributed by atoms with Gasteiger partial charge in [0.1, 0.15) is 24.4 Å². The summed E-state index contributed by atoms with van der Waals surface area (Å²) >= 11 is 6.74. The third kappa shape index (κ3) is 5.50. The maximum Gasteiger partial charge on any atom is 0.312 e. The molecule has 1 aliphatic heterocycles. The molecule has 222 valence electrons. The van der Waals surface area contributed by atoms with Crippen molar-refractivity contribution in [2.24, 2.45) is 17.3 Å². The highest BCUT2D eigenvalue weighted by molar-refractivity contribution is 6.23. The molecular weight excluding hydrogens is 548 g/mol. The van der Waals surface area contributed by atoms with Crippen LogP contribution in [0.25, 0.3) is 0 Å². The zero-order valence-electron chi connectivity index (χ0n) is 23.6. The first-order valence-corrected chi connectivity index (χ1v) is 13.5. The van der Waals surface area contributed by atoms with Crippen molar-refractivity contribution in [3.8, 4) is 0 Å². The van der Waals surface area contributed by atoms with Crippen LogP contribution in [0.3, 0.4) is 0 Å². The molecule has 10 atom stereocenters. The van der Waals surface area contributed by atoms with Crippen LogP contribution in [0.2, 0.25) is 0 Å². The van der Waals surface area contributed by atoms with Gasteiger partial charge in [-0.15, -0.1) is 11.6 Å². The lowest BCUT2D eigenvalue weighted by atomic mass is 9.54. The molecule has 0 spiro atoms. The maximum atomic E-state index is 12.9. The van der Waals surface area contributed by atoms with E-state index in [1.54, 1.807) is 6.92 Å². The van der Waals surface area contributed by atoms with Crippen molar-refractivity contribution in [2.45, 2.75) is 102 Å². The van der Waals surface area contributed by atoms with Gasteiger partial charge in [-0.2, -0.15) is 0 Å². The van der Waals surface area contributed by atoms with Gasteiger partial charge in [-0.1, -0.05) is 31.2 Å². The zero-order valence-corrected chi connectivity index (χ0v) is 24.3. The normalized spacial score (nSPS) is 39.6. The monoisotopic (exact) mass is 584 g/mol. The number of fused-ring (bicyclic) bond motifs is 2. The predicted molar refractivity (Wildman–Crippen MR) is 140 cm³/mol. The Morgan fingerprint density at radius 1 is 0.925 bits per heavy atom. The number of hydrogen-bond acceptors (Lipinski definition) is 11. The van der Waals surface area contributed by atoms with Crippen molar-refractivity contribution in [1.29, 1.82) is 0 Å². The van der Waals surface area contributed by atoms with Gasteiger partial charge in [0.25, 0.3) is 0 Å². The summed E-state index contributed by atoms with van der Waals surface area (Å²) in [6.07, 6.45) is -6.07. The third-order valence-electron chi connectivity index (χ3n) is 8.32. The van der Waals surface area contributed by atoms with Gasteiger partial charge in [0.2, 0.25) is 0 Å². The first-order chi connectivity index (χ1) is 18.5. The van der Waals surface area contributed by atoms with Crippen molar-refractivity contribution in [2.75, 3.05) is 0 Å². The lowest BCUT2D eigenvalue weighted by Crippen LogP contribution is -2.69. The molecule has 12 heteroatoms. The Morgan fingerprint density at radius 2 is 1.45 bits per heavy atom. The topological polar surface area (TPSA) is 152 Å². The second-order valence-corrected chi connectivity index (χ2v) is 11.5. The SMILES string of the molecule is C=C1CC[C@H](OC(C)=O)[C@@]2(C)[C@@H](OC(C)=O)[C@@H](OC(C)=O)CC(=C)[C@H]2[C@H](OC(C)=O)[C@]2(O)[C@@H](C)C(=O)O[C@H]2[C@H]1Cl. The van der Waals surface area contributed by atoms with Gasteiger partial charge >= 0.3 is 29.8 Å². The van der Waals surface area contributed by atoms with Crippen LogP contribution in [-0.4, -0.2) is 76.5 Å². The van der Waals surface area contributed by atoms with E-state index in [-0.39, 0.29) is 19.3 Å². The minimum Gasteiger partial charge on any atom is -0.462 e. The van der Waals surface area contributed by atoms with E-state index >= 15 is 0 Å². The van der Waals surface area contributed by atoms with E-state index in [4.69, 9.17) is 35.3 Å². The minimum atomic E-state index is -2.21. The molecule has 0 radical (unpaired) electrons. The van der Waals surface area contributed by atoms with Crippen LogP contribution in [0.15, 0.2) is 24.3 Å². The molecule has 2 aliphatic carbocycles. The number of aliphatic hydroxyl groups is 1. The molecule has 2 saturated carbocycles. The molecular formula is C28H37ClO11. The van der Waals surface area contributed by atoms with Gasteiger partial charge in [0.05, 0.1) is 16.7 Å². The first kappa shape index (κ1) is 31.6. The van der Waals surface area contributed by atoms with Crippen molar-refractivity contribution in [3.63, 3.8) is 0 Å². The minimum absolute atomic E-state index is 0.0523. The van der Waals surface area contributed by atoms with Crippen molar-refractivity contribution in [3.05, 3.63) is 24.3 Å². The van der Waals surface area contributed by atoms with Crippen molar-refractivity contribution >= 4 is 41.4 Å². The fraction of sp³-hybridized carbons (Fsp3) is 0.679. The summed E-state index contributed by atoms with van der Waals surface area (Å²) in [7, 11) is 0. The molecule has 3 fully saturated rings. The number of rotatable bonds is 4. The van der Waals surface area contributed by atoms with Crippen LogP contribution >= 0.6 is 11.6 Å². The molecule has 1 N–H and O–H groups in total. The third-order valence-corrected chi connectivity index (χ3v) is 8.85. The van der Waals surface area contributed by atoms with E-state index in [1.165, 1.54) is 27.7 Å². The highest BCUT2D eigenvalue weighted by atomic mass is 35.5. The van der Waals surface area contributed by atoms with Crippen LogP contribution < -0.4 is 0 Å². The van der Waals surface area contributed by atoms with E-state index in [2.05, 4.69) is 13.2 Å². The van der Waals surface area contributed by atoms with Crippen molar-refractivity contribution in [1.82, 2.24) is 0 Å². The predicted octanol–water partition coefficient (Wildman–Crippen LogP) is 2.55. The summed E-state index contributed by atoms with van der Waals surface area (Å²) in [6, 6.07) is 0. The molecule has 3 aliphatic rings. The average Bonchev–Trinajstić information content (AvgIpc) is 3.06. The molecule has 0 bridgehead atoms. The van der Waals surface area contributed by atoms with Gasteiger partial charge in [-0.3, -0.25) is 24.0 Å². The summed E-state index contributed by atoms with van der Waals surface area (Å²) in [5.41, 5.74) is -3.02. The van der Waals surface area contributed by atoms with Gasteiger partial charge in [-0.25, -0.2) is 0 Å². The first-order valence-electron chi connectivity index (χ1n) is 13.1. The number of hydrogen-bond donors (Lipinski definition) is 1. The van der Waals surface area contributed by atoms with Gasteiger partial charge in [-0.05, 0) is 19.8 Å². The fourth-order valence-corrected chi connectivity index (χ4v) is 6.93. The summed E-state index contributed by atoms with van der Waals surface area (Å²) in [5, 5.41) is 11.3. The van der Waals surface area contributed by atoms with Gasteiger partial charge in [0, 0.05) is 40.0 Å². The molecule has 1 heterocycles. The average molecular weight is 585 g/mol. The number of carbonyl (C=O) groups excluding carboxylic acids is 5. The zero-order chi connectivity index (χ0) is 30.3. The smallest absolute Gasteiger partial charge is 0.312 e. The van der Waals surface area contributed by atoms with Crippen LogP contribution in [0.4, 0.5) is 0 Å². The molecule has 0 aromatic rings. The number of esters is 5. The van der Waals surface area contributed by atoms with Crippen molar-refractivity contribution < 1.29 is 52.8 Å². The van der Waals surface area contributed by atoms with Crippen LogP contribution in [0.1, 0.15) is 60.8 Å². The number of alkyl halides is 1. The number of carbonyl (C=O) groups is 5. The summed E-state index contributed by atoms with van der Waals surface area (Å²) in [5.74, 6) is -5.92. The van der Waals surface area contributed by atoms with E-state index in [0.717, 1.165) is 6.92 Å². The quantitative estimate of drug-likeness (QED) is 0.224. The molecule has 3 rings (SSSR count). The molecule has 0 unspecified atom stereocenters. The summed E-state index contributed by atoms with van der Waals surface area (Å²) < 4.78 is 28.6. The maximum absolute atomic E-state index is 12.9. The van der Waals surface area contributed by atoms with Crippen LogP contribution in [-0.2, 0) is 47.7 Å². The lowest BCUT2D eigenvalue weighted by Gasteiger charge is -2.57. The Balaban J connectivity index is 2.41. The lowest BCUT2D eigenvalue weighted by molar-refractivity contribution is -0.237. The summed E-state index contributed by atoms with van der Waals surface area (Å²) in [4.78, 5) is 62.4. The molecule has 11 nitrogen and oxygen atoms in total. The van der Waals surface area contributed by atoms with Crippen LogP contribution in [0, 0.1) is 17.3 Å². The highest BCUT2D eigenvalue weighted by Crippen LogP contribution is 2.57. The Bertz CT molecular complexity index is 1120. The second kappa shape index (κ2) is 11.5. The van der Waals surface area contributed by atoms with Gasteiger partial charge < -0.3 is 28.8 Å². The molecule has 40 heavy (non-hydrogen) atoms. The largest absolute Gasteiger partial charge is 0.462 e. The Labute approximate surface area is 238 Å². The Hall–Kier alpha value is -2.92. The molecule has 0 aromatic carbocycles. The van der Waals surface area contributed by atoms with Crippen LogP contribution in [0.5, 0.6) is 0 Å². The molecule has 0 aromatic heterocycles. The van der Waals surface area contributed by atoms with Gasteiger partial charge in [0.15, 0.2) is 11.7 Å². The fourth-order valence-electron chi connectivity index (χ4n) is 6.56. The molecule has 1 saturated heterocycles. The van der Waals surface area contributed by atoms with E-state index < -0.39 is 88.6 Å². The second-order valence-electron chi connectivity index (χ2n) is 11.1. The van der Waals surface area contributed by atoms with E-state index in [9.17, 15) is 29.1 Å². The van der Waals surface area contributed by atoms with E-state index in [0.29, 0.717) is 11.1 Å². The Morgan fingerprint density at radius 3 is 1.98 bits per heavy atom. The summed E-state index contributed by atoms with van der Waals surface area (Å²) in [6.45, 7) is 16.0. The number of ether oxygens (including phenoxy) is 5. The highest BCUT2D eigenvalue weighted by Gasteiger charge is 2.70. The molecule has 0 amide bonds.